The maximum atomic E-state index is 12.8. The Hall–Kier alpha value is -2.54. The SMILES string of the molecule is Cc1ccccc1C(=O)N1CCCC(OCc2cccc(OC(F)(F)F)c2)C1. The van der Waals surface area contributed by atoms with Gasteiger partial charge >= 0.3 is 6.36 Å². The molecule has 0 radical (unpaired) electrons. The Morgan fingerprint density at radius 3 is 2.71 bits per heavy atom. The lowest BCUT2D eigenvalue weighted by Gasteiger charge is -2.33. The first-order chi connectivity index (χ1) is 13.3. The van der Waals surface area contributed by atoms with Crippen LogP contribution < -0.4 is 4.74 Å². The van der Waals surface area contributed by atoms with E-state index in [4.69, 9.17) is 4.74 Å². The van der Waals surface area contributed by atoms with E-state index in [1.165, 1.54) is 18.2 Å². The second-order valence-corrected chi connectivity index (χ2v) is 6.84. The van der Waals surface area contributed by atoms with E-state index in [-0.39, 0.29) is 24.4 Å². The molecule has 1 heterocycles. The van der Waals surface area contributed by atoms with Crippen molar-refractivity contribution in [3.05, 3.63) is 65.2 Å². The third kappa shape index (κ3) is 5.48. The number of alkyl halides is 3. The van der Waals surface area contributed by atoms with E-state index in [0.717, 1.165) is 18.4 Å². The Morgan fingerprint density at radius 2 is 1.96 bits per heavy atom. The van der Waals surface area contributed by atoms with Gasteiger partial charge in [0.25, 0.3) is 5.91 Å². The molecule has 7 heteroatoms. The Kier molecular flexibility index (Phi) is 6.24. The number of halogens is 3. The number of rotatable bonds is 5. The highest BCUT2D eigenvalue weighted by atomic mass is 19.4. The standard InChI is InChI=1S/C21H22F3NO3/c1-15-6-2-3-10-19(15)20(26)25-11-5-9-18(13-25)27-14-16-7-4-8-17(12-16)28-21(22,23)24/h2-4,6-8,10,12,18H,5,9,11,13-14H2,1H3. The number of benzene rings is 2. The summed E-state index contributed by atoms with van der Waals surface area (Å²) in [5.41, 5.74) is 2.20. The highest BCUT2D eigenvalue weighted by Gasteiger charge is 2.31. The molecule has 0 N–H and O–H groups in total. The summed E-state index contributed by atoms with van der Waals surface area (Å²) in [5.74, 6) is -0.291. The predicted molar refractivity (Wildman–Crippen MR) is 98.0 cm³/mol. The van der Waals surface area contributed by atoms with Crippen molar-refractivity contribution in [2.45, 2.75) is 38.8 Å². The smallest absolute Gasteiger partial charge is 0.406 e. The van der Waals surface area contributed by atoms with E-state index in [0.29, 0.717) is 24.2 Å². The van der Waals surface area contributed by atoms with Crippen molar-refractivity contribution in [1.82, 2.24) is 4.90 Å². The summed E-state index contributed by atoms with van der Waals surface area (Å²) < 4.78 is 46.8. The first-order valence-electron chi connectivity index (χ1n) is 9.13. The van der Waals surface area contributed by atoms with Crippen LogP contribution in [0.2, 0.25) is 0 Å². The van der Waals surface area contributed by atoms with E-state index < -0.39 is 6.36 Å². The summed E-state index contributed by atoms with van der Waals surface area (Å²) in [6.07, 6.45) is -3.26. The van der Waals surface area contributed by atoms with Gasteiger partial charge in [-0.15, -0.1) is 13.2 Å². The van der Waals surface area contributed by atoms with Crippen LogP contribution in [0.5, 0.6) is 5.75 Å². The molecular formula is C21H22F3NO3. The maximum Gasteiger partial charge on any atom is 0.573 e. The number of piperidine rings is 1. The molecule has 0 bridgehead atoms. The fourth-order valence-electron chi connectivity index (χ4n) is 3.29. The number of carbonyl (C=O) groups excluding carboxylic acids is 1. The van der Waals surface area contributed by atoms with Crippen LogP contribution in [0.1, 0.15) is 34.3 Å². The Bertz CT molecular complexity index is 823. The monoisotopic (exact) mass is 393 g/mol. The van der Waals surface area contributed by atoms with Crippen molar-refractivity contribution in [3.63, 3.8) is 0 Å². The van der Waals surface area contributed by atoms with Crippen LogP contribution in [0.3, 0.4) is 0 Å². The highest BCUT2D eigenvalue weighted by Crippen LogP contribution is 2.24. The summed E-state index contributed by atoms with van der Waals surface area (Å²) in [5, 5.41) is 0. The van der Waals surface area contributed by atoms with E-state index >= 15 is 0 Å². The number of aryl methyl sites for hydroxylation is 1. The first-order valence-corrected chi connectivity index (χ1v) is 9.13. The molecule has 1 saturated heterocycles. The molecule has 3 rings (SSSR count). The van der Waals surface area contributed by atoms with Gasteiger partial charge in [-0.3, -0.25) is 4.79 Å². The number of ether oxygens (including phenoxy) is 2. The quantitative estimate of drug-likeness (QED) is 0.738. The predicted octanol–water partition coefficient (Wildman–Crippen LogP) is 4.72. The molecule has 2 aromatic rings. The lowest BCUT2D eigenvalue weighted by atomic mass is 10.0. The van der Waals surface area contributed by atoms with Gasteiger partial charge in [-0.05, 0) is 49.1 Å². The topological polar surface area (TPSA) is 38.8 Å². The van der Waals surface area contributed by atoms with E-state index in [9.17, 15) is 18.0 Å². The first kappa shape index (κ1) is 20.2. The van der Waals surface area contributed by atoms with Crippen LogP contribution in [0.15, 0.2) is 48.5 Å². The van der Waals surface area contributed by atoms with Gasteiger partial charge in [0.2, 0.25) is 0 Å². The maximum absolute atomic E-state index is 12.8. The molecule has 1 aliphatic heterocycles. The second kappa shape index (κ2) is 8.65. The van der Waals surface area contributed by atoms with E-state index in [1.54, 1.807) is 11.0 Å². The average molecular weight is 393 g/mol. The van der Waals surface area contributed by atoms with Crippen LogP contribution >= 0.6 is 0 Å². The second-order valence-electron chi connectivity index (χ2n) is 6.84. The zero-order valence-electron chi connectivity index (χ0n) is 15.5. The van der Waals surface area contributed by atoms with Crippen LogP contribution in [0, 0.1) is 6.92 Å². The summed E-state index contributed by atoms with van der Waals surface area (Å²) in [6, 6.07) is 13.2. The molecule has 150 valence electrons. The molecule has 4 nitrogen and oxygen atoms in total. The van der Waals surface area contributed by atoms with Crippen molar-refractivity contribution in [3.8, 4) is 5.75 Å². The van der Waals surface area contributed by atoms with Gasteiger partial charge < -0.3 is 14.4 Å². The minimum absolute atomic E-state index is 0.0213. The third-order valence-corrected chi connectivity index (χ3v) is 4.66. The van der Waals surface area contributed by atoms with Crippen LogP contribution in [0.4, 0.5) is 13.2 Å². The zero-order valence-corrected chi connectivity index (χ0v) is 15.5. The Balaban J connectivity index is 1.58. The lowest BCUT2D eigenvalue weighted by Crippen LogP contribution is -2.43. The van der Waals surface area contributed by atoms with Crippen LogP contribution in [-0.2, 0) is 11.3 Å². The Labute approximate surface area is 161 Å². The third-order valence-electron chi connectivity index (χ3n) is 4.66. The minimum atomic E-state index is -4.72. The number of amides is 1. The zero-order chi connectivity index (χ0) is 20.1. The number of nitrogens with zero attached hydrogens (tertiary/aromatic N) is 1. The van der Waals surface area contributed by atoms with E-state index in [2.05, 4.69) is 4.74 Å². The molecule has 0 spiro atoms. The van der Waals surface area contributed by atoms with Crippen LogP contribution in [0.25, 0.3) is 0 Å². The molecule has 1 fully saturated rings. The number of hydrogen-bond acceptors (Lipinski definition) is 3. The van der Waals surface area contributed by atoms with Crippen molar-refractivity contribution in [2.24, 2.45) is 0 Å². The van der Waals surface area contributed by atoms with Gasteiger partial charge in [0.15, 0.2) is 0 Å². The number of carbonyl (C=O) groups is 1. The molecule has 1 unspecified atom stereocenters. The molecule has 2 aromatic carbocycles. The van der Waals surface area contributed by atoms with Gasteiger partial charge in [-0.1, -0.05) is 30.3 Å². The fraction of sp³-hybridized carbons (Fsp3) is 0.381. The van der Waals surface area contributed by atoms with Gasteiger partial charge in [-0.2, -0.15) is 0 Å². The minimum Gasteiger partial charge on any atom is -0.406 e. The Morgan fingerprint density at radius 1 is 1.18 bits per heavy atom. The summed E-state index contributed by atoms with van der Waals surface area (Å²) >= 11 is 0. The molecule has 1 atom stereocenters. The number of likely N-dealkylation sites (tertiary alicyclic amines) is 1. The molecule has 0 aliphatic carbocycles. The molecule has 28 heavy (non-hydrogen) atoms. The number of hydrogen-bond donors (Lipinski definition) is 0. The normalized spacial score (nSPS) is 17.4. The van der Waals surface area contributed by atoms with Gasteiger partial charge in [0.1, 0.15) is 5.75 Å². The highest BCUT2D eigenvalue weighted by molar-refractivity contribution is 5.95. The molecular weight excluding hydrogens is 371 g/mol. The van der Waals surface area contributed by atoms with Gasteiger partial charge in [0.05, 0.1) is 12.7 Å². The fourth-order valence-corrected chi connectivity index (χ4v) is 3.29. The summed E-state index contributed by atoms with van der Waals surface area (Å²) in [7, 11) is 0. The largest absolute Gasteiger partial charge is 0.573 e. The summed E-state index contributed by atoms with van der Waals surface area (Å²) in [4.78, 5) is 14.5. The average Bonchev–Trinajstić information content (AvgIpc) is 2.65. The van der Waals surface area contributed by atoms with Gasteiger partial charge in [-0.25, -0.2) is 0 Å². The molecule has 0 saturated carbocycles. The summed E-state index contributed by atoms with van der Waals surface area (Å²) in [6.45, 7) is 3.20. The van der Waals surface area contributed by atoms with Crippen molar-refractivity contribution in [2.75, 3.05) is 13.1 Å². The molecule has 1 amide bonds. The van der Waals surface area contributed by atoms with Gasteiger partial charge in [0, 0.05) is 18.7 Å². The van der Waals surface area contributed by atoms with Crippen molar-refractivity contribution >= 4 is 5.91 Å². The molecule has 0 aromatic heterocycles. The van der Waals surface area contributed by atoms with E-state index in [1.807, 2.05) is 31.2 Å². The van der Waals surface area contributed by atoms with Crippen molar-refractivity contribution in [1.29, 1.82) is 0 Å². The van der Waals surface area contributed by atoms with Crippen LogP contribution in [-0.4, -0.2) is 36.4 Å². The molecule has 1 aliphatic rings. The van der Waals surface area contributed by atoms with Crippen molar-refractivity contribution < 1.29 is 27.4 Å². The lowest BCUT2D eigenvalue weighted by molar-refractivity contribution is -0.274.